The van der Waals surface area contributed by atoms with Gasteiger partial charge in [0.15, 0.2) is 11.5 Å². The summed E-state index contributed by atoms with van der Waals surface area (Å²) in [5.74, 6) is 2.54. The molecule has 2 fully saturated rings. The lowest BCUT2D eigenvalue weighted by molar-refractivity contribution is 0.0134. The summed E-state index contributed by atoms with van der Waals surface area (Å²) < 4.78 is 7.41. The molecule has 7 heteroatoms. The number of hydrogen-bond donors (Lipinski definition) is 0. The van der Waals surface area contributed by atoms with Crippen LogP contribution >= 0.6 is 0 Å². The van der Waals surface area contributed by atoms with Crippen molar-refractivity contribution in [1.29, 1.82) is 0 Å². The van der Waals surface area contributed by atoms with Gasteiger partial charge < -0.3 is 9.64 Å². The molecule has 0 bridgehead atoms. The Kier molecular flexibility index (Phi) is 4.16. The van der Waals surface area contributed by atoms with Crippen LogP contribution in [0.2, 0.25) is 0 Å². The molecule has 2 aromatic rings. The van der Waals surface area contributed by atoms with Crippen LogP contribution in [0.25, 0.3) is 5.65 Å². The molecule has 0 aliphatic carbocycles. The van der Waals surface area contributed by atoms with Crippen molar-refractivity contribution in [3.05, 3.63) is 18.0 Å². The highest BCUT2D eigenvalue weighted by Gasteiger charge is 2.35. The molecule has 0 spiro atoms. The predicted molar refractivity (Wildman–Crippen MR) is 97.0 cm³/mol. The van der Waals surface area contributed by atoms with Crippen LogP contribution in [-0.2, 0) is 10.2 Å². The zero-order valence-electron chi connectivity index (χ0n) is 15.6. The van der Waals surface area contributed by atoms with Crippen LogP contribution in [-0.4, -0.2) is 70.1 Å². The standard InChI is InChI=1S/C18H28N6O/c1-13-11-23(12-14(13)22-7-9-25-10-8-22)16-6-5-15-19-20-17(18(2,3)4)24(15)21-16/h5-6,13-14H,7-12H2,1-4H3. The Bertz CT molecular complexity index is 746. The predicted octanol–water partition coefficient (Wildman–Crippen LogP) is 1.58. The molecule has 0 amide bonds. The highest BCUT2D eigenvalue weighted by atomic mass is 16.5. The summed E-state index contributed by atoms with van der Waals surface area (Å²) in [6, 6.07) is 4.67. The smallest absolute Gasteiger partial charge is 0.178 e. The van der Waals surface area contributed by atoms with Crippen molar-refractivity contribution in [3.63, 3.8) is 0 Å². The molecule has 0 N–H and O–H groups in total. The zero-order chi connectivity index (χ0) is 17.6. The van der Waals surface area contributed by atoms with Gasteiger partial charge in [0.25, 0.3) is 0 Å². The average molecular weight is 344 g/mol. The molecular formula is C18H28N6O. The lowest BCUT2D eigenvalue weighted by Gasteiger charge is -2.34. The molecule has 7 nitrogen and oxygen atoms in total. The molecule has 136 valence electrons. The van der Waals surface area contributed by atoms with E-state index in [-0.39, 0.29) is 5.41 Å². The second kappa shape index (κ2) is 6.21. The molecule has 4 heterocycles. The number of hydrogen-bond acceptors (Lipinski definition) is 6. The lowest BCUT2D eigenvalue weighted by Crippen LogP contribution is -2.46. The molecule has 4 rings (SSSR count). The number of morpholine rings is 1. The van der Waals surface area contributed by atoms with Gasteiger partial charge in [-0.2, -0.15) is 4.52 Å². The maximum atomic E-state index is 5.51. The highest BCUT2D eigenvalue weighted by molar-refractivity contribution is 5.47. The Balaban J connectivity index is 1.59. The van der Waals surface area contributed by atoms with Crippen molar-refractivity contribution in [2.75, 3.05) is 44.3 Å². The summed E-state index contributed by atoms with van der Waals surface area (Å²) in [6.45, 7) is 14.6. The first-order valence-corrected chi connectivity index (χ1v) is 9.23. The van der Waals surface area contributed by atoms with Crippen LogP contribution in [0.4, 0.5) is 5.82 Å². The van der Waals surface area contributed by atoms with Gasteiger partial charge in [0.05, 0.1) is 13.2 Å². The maximum absolute atomic E-state index is 5.51. The molecule has 25 heavy (non-hydrogen) atoms. The van der Waals surface area contributed by atoms with E-state index >= 15 is 0 Å². The fourth-order valence-electron chi connectivity index (χ4n) is 3.94. The number of fused-ring (bicyclic) bond motifs is 1. The van der Waals surface area contributed by atoms with Gasteiger partial charge in [0.2, 0.25) is 0 Å². The minimum atomic E-state index is -0.0837. The van der Waals surface area contributed by atoms with Gasteiger partial charge in [0.1, 0.15) is 5.82 Å². The molecule has 2 atom stereocenters. The summed E-state index contributed by atoms with van der Waals surface area (Å²) in [5, 5.41) is 13.5. The summed E-state index contributed by atoms with van der Waals surface area (Å²) in [4.78, 5) is 4.97. The third kappa shape index (κ3) is 3.11. The van der Waals surface area contributed by atoms with Crippen molar-refractivity contribution in [1.82, 2.24) is 24.7 Å². The van der Waals surface area contributed by atoms with Gasteiger partial charge in [-0.15, -0.1) is 15.3 Å². The third-order valence-electron chi connectivity index (χ3n) is 5.33. The Morgan fingerprint density at radius 2 is 1.84 bits per heavy atom. The Morgan fingerprint density at radius 3 is 2.56 bits per heavy atom. The quantitative estimate of drug-likeness (QED) is 0.824. The largest absolute Gasteiger partial charge is 0.379 e. The molecule has 2 unspecified atom stereocenters. The van der Waals surface area contributed by atoms with Gasteiger partial charge in [-0.3, -0.25) is 4.90 Å². The topological polar surface area (TPSA) is 58.8 Å². The van der Waals surface area contributed by atoms with E-state index in [1.54, 1.807) is 0 Å². The Hall–Kier alpha value is -1.73. The molecule has 2 aromatic heterocycles. The lowest BCUT2D eigenvalue weighted by atomic mass is 9.96. The van der Waals surface area contributed by atoms with Crippen LogP contribution < -0.4 is 4.90 Å². The SMILES string of the molecule is CC1CN(c2ccc3nnc(C(C)(C)C)n3n2)CC1N1CCOCC1. The minimum Gasteiger partial charge on any atom is -0.379 e. The van der Waals surface area contributed by atoms with E-state index in [4.69, 9.17) is 9.84 Å². The van der Waals surface area contributed by atoms with Crippen molar-refractivity contribution < 1.29 is 4.74 Å². The third-order valence-corrected chi connectivity index (χ3v) is 5.33. The second-order valence-corrected chi connectivity index (χ2v) is 8.33. The van der Waals surface area contributed by atoms with Crippen molar-refractivity contribution >= 4 is 11.5 Å². The van der Waals surface area contributed by atoms with E-state index in [1.165, 1.54) is 0 Å². The van der Waals surface area contributed by atoms with Crippen molar-refractivity contribution in [2.45, 2.75) is 39.2 Å². The van der Waals surface area contributed by atoms with Crippen LogP contribution in [0.1, 0.15) is 33.5 Å². The zero-order valence-corrected chi connectivity index (χ0v) is 15.6. The molecule has 2 aliphatic heterocycles. The number of ether oxygens (including phenoxy) is 1. The molecular weight excluding hydrogens is 316 g/mol. The Morgan fingerprint density at radius 1 is 1.08 bits per heavy atom. The summed E-state index contributed by atoms with van der Waals surface area (Å²) in [7, 11) is 0. The molecule has 2 aliphatic rings. The summed E-state index contributed by atoms with van der Waals surface area (Å²) in [5.41, 5.74) is 0.727. The first-order chi connectivity index (χ1) is 11.9. The van der Waals surface area contributed by atoms with Gasteiger partial charge in [-0.05, 0) is 18.1 Å². The number of nitrogens with zero attached hydrogens (tertiary/aromatic N) is 6. The number of aromatic nitrogens is 4. The maximum Gasteiger partial charge on any atom is 0.178 e. The summed E-state index contributed by atoms with van der Waals surface area (Å²) in [6.07, 6.45) is 0. The Labute approximate surface area is 149 Å². The fourth-order valence-corrected chi connectivity index (χ4v) is 3.94. The minimum absolute atomic E-state index is 0.0837. The van der Waals surface area contributed by atoms with Crippen LogP contribution in [0.5, 0.6) is 0 Å². The van der Waals surface area contributed by atoms with Crippen LogP contribution in [0.15, 0.2) is 12.1 Å². The van der Waals surface area contributed by atoms with E-state index in [9.17, 15) is 0 Å². The van der Waals surface area contributed by atoms with Gasteiger partial charge in [-0.1, -0.05) is 27.7 Å². The van der Waals surface area contributed by atoms with E-state index in [0.717, 1.165) is 56.7 Å². The second-order valence-electron chi connectivity index (χ2n) is 8.33. The van der Waals surface area contributed by atoms with Gasteiger partial charge in [-0.25, -0.2) is 0 Å². The summed E-state index contributed by atoms with van der Waals surface area (Å²) >= 11 is 0. The molecule has 2 saturated heterocycles. The number of anilines is 1. The van der Waals surface area contributed by atoms with E-state index in [0.29, 0.717) is 12.0 Å². The van der Waals surface area contributed by atoms with E-state index in [1.807, 2.05) is 10.6 Å². The highest BCUT2D eigenvalue weighted by Crippen LogP contribution is 2.27. The average Bonchev–Trinajstić information content (AvgIpc) is 3.18. The van der Waals surface area contributed by atoms with Crippen molar-refractivity contribution in [2.24, 2.45) is 5.92 Å². The van der Waals surface area contributed by atoms with Crippen molar-refractivity contribution in [3.8, 4) is 0 Å². The first-order valence-electron chi connectivity index (χ1n) is 9.23. The van der Waals surface area contributed by atoms with E-state index < -0.39 is 0 Å². The number of rotatable bonds is 2. The molecule has 0 radical (unpaired) electrons. The van der Waals surface area contributed by atoms with Crippen LogP contribution in [0.3, 0.4) is 0 Å². The van der Waals surface area contributed by atoms with Gasteiger partial charge in [0, 0.05) is 37.6 Å². The normalized spacial score (nSPS) is 25.8. The molecule has 0 aromatic carbocycles. The van der Waals surface area contributed by atoms with E-state index in [2.05, 4.69) is 53.8 Å². The fraction of sp³-hybridized carbons (Fsp3) is 0.722. The van der Waals surface area contributed by atoms with Crippen LogP contribution in [0, 0.1) is 5.92 Å². The monoisotopic (exact) mass is 344 g/mol. The first kappa shape index (κ1) is 16.7. The molecule has 0 saturated carbocycles. The van der Waals surface area contributed by atoms with Gasteiger partial charge >= 0.3 is 0 Å².